The van der Waals surface area contributed by atoms with Crippen LogP contribution in [0, 0.1) is 3.57 Å². The molecule has 3 heterocycles. The highest BCUT2D eigenvalue weighted by Crippen LogP contribution is 2.32. The van der Waals surface area contributed by atoms with Crippen LogP contribution in [0.1, 0.15) is 0 Å². The monoisotopic (exact) mass is 409 g/mol. The Kier molecular flexibility index (Phi) is 2.64. The number of aromatic nitrogens is 3. The lowest BCUT2D eigenvalue weighted by Gasteiger charge is -1.99. The van der Waals surface area contributed by atoms with E-state index in [4.69, 9.17) is 4.98 Å². The summed E-state index contributed by atoms with van der Waals surface area (Å²) in [6.07, 6.45) is 2.07. The Bertz CT molecular complexity index is 1200. The van der Waals surface area contributed by atoms with Crippen LogP contribution in [0.15, 0.2) is 54.7 Å². The van der Waals surface area contributed by atoms with Gasteiger partial charge in [-0.15, -0.1) is 0 Å². The summed E-state index contributed by atoms with van der Waals surface area (Å²) in [6.45, 7) is 0. The predicted octanol–water partition coefficient (Wildman–Crippen LogP) is 4.13. The summed E-state index contributed by atoms with van der Waals surface area (Å²) in [5, 5.41) is 2.55. The van der Waals surface area contributed by atoms with Crippen molar-refractivity contribution in [2.45, 2.75) is 0 Å². The Hall–Kier alpha value is -1.55. The third-order valence-electron chi connectivity index (χ3n) is 4.19. The number of hydrogen-bond acceptors (Lipinski definition) is 1. The average molecular weight is 409 g/mol. The lowest BCUT2D eigenvalue weighted by molar-refractivity contribution is 1.23. The van der Waals surface area contributed by atoms with Crippen LogP contribution in [-0.4, -0.2) is 29.4 Å². The Morgan fingerprint density at radius 1 is 0.909 bits per heavy atom. The minimum absolute atomic E-state index is 0.986. The molecular weight excluding hydrogens is 400 g/mol. The lowest BCUT2D eigenvalue weighted by atomic mass is 10.1. The molecule has 0 N–H and O–H groups in total. The summed E-state index contributed by atoms with van der Waals surface area (Å²) in [6, 6.07) is 17.1. The highest BCUT2D eigenvalue weighted by molar-refractivity contribution is 14.1. The van der Waals surface area contributed by atoms with Gasteiger partial charge in [0.25, 0.3) is 0 Å². The number of pyridine rings is 1. The first-order valence-electron chi connectivity index (χ1n) is 6.98. The quantitative estimate of drug-likeness (QED) is 0.279. The average Bonchev–Trinajstić information content (AvgIpc) is 3.02. The molecule has 0 bridgehead atoms. The smallest absolute Gasteiger partial charge is 0.318 e. The van der Waals surface area contributed by atoms with Crippen molar-refractivity contribution in [2.24, 2.45) is 0 Å². The number of fused-ring (bicyclic) bond motifs is 6. The van der Waals surface area contributed by atoms with Crippen LogP contribution in [0.2, 0.25) is 0 Å². The first-order valence-corrected chi connectivity index (χ1v) is 8.57. The number of nitrogens with zero attached hydrogens (tertiary/aromatic N) is 3. The molecule has 0 fully saturated rings. The molecule has 0 saturated carbocycles. The van der Waals surface area contributed by atoms with E-state index in [0.29, 0.717) is 0 Å². The molecule has 0 amide bonds. The van der Waals surface area contributed by atoms with Crippen molar-refractivity contribution >= 4 is 77.6 Å². The van der Waals surface area contributed by atoms with Gasteiger partial charge in [0, 0.05) is 31.6 Å². The molecule has 3 aromatic heterocycles. The zero-order chi connectivity index (χ0) is 14.8. The maximum atomic E-state index is 4.73. The van der Waals surface area contributed by atoms with Gasteiger partial charge in [-0.1, -0.05) is 6.07 Å². The molecule has 5 rings (SSSR count). The van der Waals surface area contributed by atoms with Crippen molar-refractivity contribution in [3.05, 3.63) is 58.3 Å². The van der Waals surface area contributed by atoms with E-state index in [0.717, 1.165) is 16.7 Å². The molecule has 0 aliphatic carbocycles. The van der Waals surface area contributed by atoms with E-state index in [1.807, 2.05) is 18.2 Å². The maximum Gasteiger partial charge on any atom is 0.318 e. The second kappa shape index (κ2) is 4.48. The molecule has 102 valence electrons. The van der Waals surface area contributed by atoms with Gasteiger partial charge in [0.05, 0.1) is 11.0 Å². The van der Waals surface area contributed by atoms with Gasteiger partial charge < -0.3 is 3.55 Å². The molecular formula is C17H9AlIN3. The molecule has 0 unspecified atom stereocenters. The largest absolute Gasteiger partial charge is 0.452 e. The highest BCUT2D eigenvalue weighted by atomic mass is 127. The zero-order valence-electron chi connectivity index (χ0n) is 11.5. The molecule has 2 aromatic carbocycles. The summed E-state index contributed by atoms with van der Waals surface area (Å²) in [7, 11) is 0. The standard InChI is InChI=1S/C17H9IN3.Al/c18-10-4-5-13-11(7-10)12-8-16-15(9-14(12)19-13)20-17-3-1-2-6-21(16)17;/h1-9H;/q-1;+1. The molecule has 2 radical (unpaired) electrons. The van der Waals surface area contributed by atoms with Gasteiger partial charge in [-0.2, -0.15) is 0 Å². The van der Waals surface area contributed by atoms with Gasteiger partial charge in [0.1, 0.15) is 5.65 Å². The third kappa shape index (κ3) is 1.64. The van der Waals surface area contributed by atoms with E-state index >= 15 is 0 Å². The maximum absolute atomic E-state index is 4.73. The fourth-order valence-corrected chi connectivity index (χ4v) is 4.11. The second-order valence-corrected chi connectivity index (χ2v) is 7.19. The Labute approximate surface area is 148 Å². The second-order valence-electron chi connectivity index (χ2n) is 5.43. The SMILES string of the molecule is [Al][n]1c2ccc(I)cc2c2cc3c(cc21)nc1ccccn13. The summed E-state index contributed by atoms with van der Waals surface area (Å²) < 4.78 is 5.57. The topological polar surface area (TPSA) is 22.2 Å². The molecule has 0 aliphatic rings. The zero-order valence-corrected chi connectivity index (χ0v) is 14.8. The minimum Gasteiger partial charge on any atom is -0.452 e. The summed E-state index contributed by atoms with van der Waals surface area (Å²) in [5.41, 5.74) is 5.58. The van der Waals surface area contributed by atoms with Crippen molar-refractivity contribution in [2.75, 3.05) is 0 Å². The van der Waals surface area contributed by atoms with Crippen LogP contribution >= 0.6 is 22.6 Å². The van der Waals surface area contributed by atoms with Crippen LogP contribution < -0.4 is 0 Å². The fraction of sp³-hybridized carbons (Fsp3) is 0. The van der Waals surface area contributed by atoms with Gasteiger partial charge in [-0.3, -0.25) is 4.40 Å². The van der Waals surface area contributed by atoms with E-state index in [9.17, 15) is 0 Å². The van der Waals surface area contributed by atoms with Crippen LogP contribution in [0.4, 0.5) is 0 Å². The van der Waals surface area contributed by atoms with E-state index in [1.165, 1.54) is 25.4 Å². The van der Waals surface area contributed by atoms with Crippen LogP contribution in [-0.2, 0) is 0 Å². The van der Waals surface area contributed by atoms with Gasteiger partial charge in [-0.25, -0.2) is 4.98 Å². The molecule has 0 spiro atoms. The van der Waals surface area contributed by atoms with Crippen molar-refractivity contribution in [3.63, 3.8) is 0 Å². The number of rotatable bonds is 0. The first-order chi connectivity index (χ1) is 10.7. The van der Waals surface area contributed by atoms with Crippen LogP contribution in [0.25, 0.3) is 38.5 Å². The summed E-state index contributed by atoms with van der Waals surface area (Å²) in [4.78, 5) is 4.73. The number of halogens is 1. The summed E-state index contributed by atoms with van der Waals surface area (Å²) in [5.74, 6) is 0. The molecule has 5 aromatic rings. The molecule has 0 atom stereocenters. The number of benzene rings is 2. The van der Waals surface area contributed by atoms with E-state index < -0.39 is 0 Å². The molecule has 0 aliphatic heterocycles. The van der Waals surface area contributed by atoms with E-state index in [1.54, 1.807) is 0 Å². The lowest BCUT2D eigenvalue weighted by Crippen LogP contribution is -1.90. The van der Waals surface area contributed by atoms with E-state index in [2.05, 4.69) is 83.6 Å². The normalized spacial score (nSPS) is 12.0. The van der Waals surface area contributed by atoms with Crippen LogP contribution in [0.5, 0.6) is 0 Å². The Morgan fingerprint density at radius 3 is 2.68 bits per heavy atom. The van der Waals surface area contributed by atoms with Gasteiger partial charge in [0.2, 0.25) is 0 Å². The Balaban J connectivity index is 2.06. The highest BCUT2D eigenvalue weighted by Gasteiger charge is 2.11. The van der Waals surface area contributed by atoms with Crippen molar-refractivity contribution < 1.29 is 0 Å². The van der Waals surface area contributed by atoms with Crippen molar-refractivity contribution in [1.82, 2.24) is 12.9 Å². The minimum atomic E-state index is 0.986. The predicted molar refractivity (Wildman–Crippen MR) is 99.6 cm³/mol. The Morgan fingerprint density at radius 2 is 1.77 bits per heavy atom. The van der Waals surface area contributed by atoms with Crippen molar-refractivity contribution in [1.29, 1.82) is 0 Å². The third-order valence-corrected chi connectivity index (χ3v) is 5.42. The fourth-order valence-electron chi connectivity index (χ4n) is 3.18. The van der Waals surface area contributed by atoms with E-state index in [-0.39, 0.29) is 0 Å². The molecule has 0 saturated heterocycles. The van der Waals surface area contributed by atoms with Crippen molar-refractivity contribution in [3.8, 4) is 0 Å². The number of imidazole rings is 1. The van der Waals surface area contributed by atoms with Gasteiger partial charge in [-0.05, 0) is 65.1 Å². The summed E-state index contributed by atoms with van der Waals surface area (Å²) >= 11 is 5.19. The molecule has 5 heteroatoms. The van der Waals surface area contributed by atoms with Crippen LogP contribution in [0.3, 0.4) is 0 Å². The van der Waals surface area contributed by atoms with Gasteiger partial charge >= 0.3 is 16.5 Å². The molecule has 3 nitrogen and oxygen atoms in total. The molecule has 22 heavy (non-hydrogen) atoms. The number of hydrogen-bond donors (Lipinski definition) is 0. The van der Waals surface area contributed by atoms with Gasteiger partial charge in [0.15, 0.2) is 0 Å². The first kappa shape index (κ1) is 12.9.